The van der Waals surface area contributed by atoms with Crippen molar-refractivity contribution in [2.24, 2.45) is 0 Å². The van der Waals surface area contributed by atoms with Crippen molar-refractivity contribution < 1.29 is 14.3 Å². The van der Waals surface area contributed by atoms with Gasteiger partial charge in [-0.2, -0.15) is 0 Å². The first-order valence-corrected chi connectivity index (χ1v) is 9.38. The predicted molar refractivity (Wildman–Crippen MR) is 99.8 cm³/mol. The number of fused-ring (bicyclic) bond motifs is 1. The smallest absolute Gasteiger partial charge is 0.317 e. The average Bonchev–Trinajstić information content (AvgIpc) is 2.86. The molecule has 0 aliphatic carbocycles. The standard InChI is InChI=1S/C18H21ClN2O3S/c1-12(13-4-6-15-16(10-13)24-9-3-8-23-15)20-18(22)21(2)11-14-5-7-17(19)25-14/h4-7,10,12H,3,8-9,11H2,1-2H3,(H,20,22). The molecule has 134 valence electrons. The number of hydrogen-bond donors (Lipinski definition) is 1. The number of hydrogen-bond acceptors (Lipinski definition) is 4. The second-order valence-corrected chi connectivity index (χ2v) is 7.79. The summed E-state index contributed by atoms with van der Waals surface area (Å²) in [5.74, 6) is 1.49. The topological polar surface area (TPSA) is 50.8 Å². The molecule has 1 aliphatic rings. The molecule has 2 heterocycles. The van der Waals surface area contributed by atoms with Crippen LogP contribution in [-0.4, -0.2) is 31.2 Å². The molecule has 1 N–H and O–H groups in total. The Morgan fingerprint density at radius 2 is 2.04 bits per heavy atom. The van der Waals surface area contributed by atoms with Gasteiger partial charge in [-0.15, -0.1) is 11.3 Å². The Hall–Kier alpha value is -1.92. The van der Waals surface area contributed by atoms with Crippen LogP contribution in [0.15, 0.2) is 30.3 Å². The highest BCUT2D eigenvalue weighted by Crippen LogP contribution is 2.32. The lowest BCUT2D eigenvalue weighted by molar-refractivity contribution is 0.204. The van der Waals surface area contributed by atoms with Crippen molar-refractivity contribution in [2.75, 3.05) is 20.3 Å². The molecule has 0 saturated heterocycles. The van der Waals surface area contributed by atoms with Gasteiger partial charge >= 0.3 is 6.03 Å². The summed E-state index contributed by atoms with van der Waals surface area (Å²) in [6.45, 7) is 3.78. The maximum absolute atomic E-state index is 12.4. The fraction of sp³-hybridized carbons (Fsp3) is 0.389. The van der Waals surface area contributed by atoms with Crippen molar-refractivity contribution >= 4 is 29.0 Å². The van der Waals surface area contributed by atoms with E-state index in [9.17, 15) is 4.79 Å². The van der Waals surface area contributed by atoms with E-state index in [2.05, 4.69) is 5.32 Å². The summed E-state index contributed by atoms with van der Waals surface area (Å²) in [5, 5.41) is 3.01. The van der Waals surface area contributed by atoms with Crippen LogP contribution in [0, 0.1) is 0 Å². The number of halogens is 1. The molecule has 1 unspecified atom stereocenters. The van der Waals surface area contributed by atoms with Crippen molar-refractivity contribution in [3.05, 3.63) is 45.1 Å². The number of ether oxygens (including phenoxy) is 2. The molecule has 0 spiro atoms. The van der Waals surface area contributed by atoms with Gasteiger partial charge in [0.2, 0.25) is 0 Å². The molecular weight excluding hydrogens is 360 g/mol. The second-order valence-electron chi connectivity index (χ2n) is 5.99. The first-order chi connectivity index (χ1) is 12.0. The fourth-order valence-corrected chi connectivity index (χ4v) is 3.71. The minimum absolute atomic E-state index is 0.135. The third kappa shape index (κ3) is 4.58. The SMILES string of the molecule is CC(NC(=O)N(C)Cc1ccc(Cl)s1)c1ccc2c(c1)OCCCO2. The number of nitrogens with one attached hydrogen (secondary N) is 1. The summed E-state index contributed by atoms with van der Waals surface area (Å²) in [7, 11) is 1.77. The van der Waals surface area contributed by atoms with E-state index in [-0.39, 0.29) is 12.1 Å². The van der Waals surface area contributed by atoms with Crippen LogP contribution in [0.2, 0.25) is 4.34 Å². The van der Waals surface area contributed by atoms with Crippen LogP contribution >= 0.6 is 22.9 Å². The van der Waals surface area contributed by atoms with Crippen molar-refractivity contribution in [1.29, 1.82) is 0 Å². The summed E-state index contributed by atoms with van der Waals surface area (Å²) < 4.78 is 12.1. The van der Waals surface area contributed by atoms with Crippen LogP contribution in [-0.2, 0) is 6.54 Å². The van der Waals surface area contributed by atoms with Crippen LogP contribution < -0.4 is 14.8 Å². The number of thiophene rings is 1. The van der Waals surface area contributed by atoms with Crippen LogP contribution in [0.4, 0.5) is 4.79 Å². The van der Waals surface area contributed by atoms with Gasteiger partial charge in [0.25, 0.3) is 0 Å². The van der Waals surface area contributed by atoms with Crippen molar-refractivity contribution in [1.82, 2.24) is 10.2 Å². The van der Waals surface area contributed by atoms with Gasteiger partial charge in [0.05, 0.1) is 30.1 Å². The molecule has 1 atom stereocenters. The summed E-state index contributed by atoms with van der Waals surface area (Å²) in [5.41, 5.74) is 0.977. The molecule has 3 rings (SSSR count). The van der Waals surface area contributed by atoms with E-state index < -0.39 is 0 Å². The average molecular weight is 381 g/mol. The van der Waals surface area contributed by atoms with E-state index in [4.69, 9.17) is 21.1 Å². The van der Waals surface area contributed by atoms with Gasteiger partial charge in [-0.1, -0.05) is 17.7 Å². The number of rotatable bonds is 4. The molecule has 0 bridgehead atoms. The molecule has 0 radical (unpaired) electrons. The number of urea groups is 1. The van der Waals surface area contributed by atoms with Crippen molar-refractivity contribution in [3.8, 4) is 11.5 Å². The van der Waals surface area contributed by atoms with Crippen LogP contribution in [0.5, 0.6) is 11.5 Å². The minimum atomic E-state index is -0.140. The van der Waals surface area contributed by atoms with E-state index in [0.717, 1.165) is 32.7 Å². The van der Waals surface area contributed by atoms with Crippen LogP contribution in [0.25, 0.3) is 0 Å². The third-order valence-electron chi connectivity index (χ3n) is 3.98. The van der Waals surface area contributed by atoms with Crippen molar-refractivity contribution in [2.45, 2.75) is 25.9 Å². The number of carbonyl (C=O) groups is 1. The maximum atomic E-state index is 12.4. The lowest BCUT2D eigenvalue weighted by atomic mass is 10.1. The molecule has 1 aliphatic heterocycles. The Bertz CT molecular complexity index is 750. The van der Waals surface area contributed by atoms with Crippen LogP contribution in [0.1, 0.15) is 29.8 Å². The molecule has 5 nitrogen and oxygen atoms in total. The third-order valence-corrected chi connectivity index (χ3v) is 5.20. The highest BCUT2D eigenvalue weighted by atomic mass is 35.5. The number of benzene rings is 1. The largest absolute Gasteiger partial charge is 0.490 e. The molecule has 1 aromatic carbocycles. The molecule has 7 heteroatoms. The van der Waals surface area contributed by atoms with E-state index in [1.807, 2.05) is 37.3 Å². The van der Waals surface area contributed by atoms with Gasteiger partial charge in [-0.25, -0.2) is 4.79 Å². The zero-order valence-electron chi connectivity index (χ0n) is 14.3. The molecule has 0 saturated carbocycles. The molecule has 25 heavy (non-hydrogen) atoms. The Morgan fingerprint density at radius 1 is 1.28 bits per heavy atom. The Kier molecular flexibility index (Phi) is 5.71. The van der Waals surface area contributed by atoms with Gasteiger partial charge in [-0.05, 0) is 36.8 Å². The summed E-state index contributed by atoms with van der Waals surface area (Å²) in [4.78, 5) is 15.1. The first kappa shape index (κ1) is 17.9. The Labute approximate surface area is 156 Å². The lowest BCUT2D eigenvalue weighted by Gasteiger charge is -2.21. The van der Waals surface area contributed by atoms with Gasteiger partial charge < -0.3 is 19.7 Å². The summed E-state index contributed by atoms with van der Waals surface area (Å²) >= 11 is 7.41. The zero-order valence-corrected chi connectivity index (χ0v) is 15.8. The maximum Gasteiger partial charge on any atom is 0.317 e. The highest BCUT2D eigenvalue weighted by Gasteiger charge is 2.17. The number of carbonyl (C=O) groups excluding carboxylic acids is 1. The quantitative estimate of drug-likeness (QED) is 0.851. The summed E-state index contributed by atoms with van der Waals surface area (Å²) in [6, 6.07) is 9.29. The van der Waals surface area contributed by atoms with Gasteiger partial charge in [0.15, 0.2) is 11.5 Å². The first-order valence-electron chi connectivity index (χ1n) is 8.18. The van der Waals surface area contributed by atoms with Gasteiger partial charge in [-0.3, -0.25) is 0 Å². The Balaban J connectivity index is 1.62. The summed E-state index contributed by atoms with van der Waals surface area (Å²) in [6.07, 6.45) is 0.869. The van der Waals surface area contributed by atoms with Gasteiger partial charge in [0.1, 0.15) is 0 Å². The number of nitrogens with zero attached hydrogens (tertiary/aromatic N) is 1. The second kappa shape index (κ2) is 7.97. The van der Waals surface area contributed by atoms with Crippen molar-refractivity contribution in [3.63, 3.8) is 0 Å². The molecule has 0 fully saturated rings. The minimum Gasteiger partial charge on any atom is -0.490 e. The molecule has 1 aromatic heterocycles. The predicted octanol–water partition coefficient (Wildman–Crippen LogP) is 4.47. The van der Waals surface area contributed by atoms with E-state index in [1.165, 1.54) is 11.3 Å². The monoisotopic (exact) mass is 380 g/mol. The van der Waals surface area contributed by atoms with E-state index >= 15 is 0 Å². The lowest BCUT2D eigenvalue weighted by Crippen LogP contribution is -2.38. The number of amides is 2. The highest BCUT2D eigenvalue weighted by molar-refractivity contribution is 7.16. The van der Waals surface area contributed by atoms with Gasteiger partial charge in [0, 0.05) is 18.3 Å². The van der Waals surface area contributed by atoms with E-state index in [1.54, 1.807) is 11.9 Å². The van der Waals surface area contributed by atoms with Crippen LogP contribution in [0.3, 0.4) is 0 Å². The normalized spacial score (nSPS) is 14.5. The molecular formula is C18H21ClN2O3S. The Morgan fingerprint density at radius 3 is 2.76 bits per heavy atom. The fourth-order valence-electron chi connectivity index (χ4n) is 2.57. The molecule has 2 aromatic rings. The zero-order chi connectivity index (χ0) is 17.8. The van der Waals surface area contributed by atoms with E-state index in [0.29, 0.717) is 19.8 Å². The molecule has 2 amide bonds.